The number of phosphoric ester groups is 1. The molecule has 0 radical (unpaired) electrons. The molecule has 0 aliphatic rings. The van der Waals surface area contributed by atoms with Crippen LogP contribution in [0.25, 0.3) is 0 Å². The highest BCUT2D eigenvalue weighted by atomic mass is 31.2. The van der Waals surface area contributed by atoms with Gasteiger partial charge in [-0.15, -0.1) is 0 Å². The van der Waals surface area contributed by atoms with Gasteiger partial charge in [-0.25, -0.2) is 0 Å². The van der Waals surface area contributed by atoms with Gasteiger partial charge in [-0.2, -0.15) is 0 Å². The molecule has 0 saturated heterocycles. The Balaban J connectivity index is 3.96. The minimum atomic E-state index is -4.61. The van der Waals surface area contributed by atoms with Crippen LogP contribution in [0.5, 0.6) is 0 Å². The van der Waals surface area contributed by atoms with Crippen LogP contribution < -0.4 is 10.2 Å². The quantitative estimate of drug-likeness (QED) is 0.0272. The number of nitrogens with zero attached hydrogens (tertiary/aromatic N) is 1. The van der Waals surface area contributed by atoms with Gasteiger partial charge in [0.05, 0.1) is 39.9 Å². The molecular weight excluding hydrogens is 1080 g/mol. The molecule has 86 heavy (non-hydrogen) atoms. The molecule has 2 N–H and O–H groups in total. The summed E-state index contributed by atoms with van der Waals surface area (Å²) >= 11 is 0. The molecule has 0 rings (SSSR count). The first kappa shape index (κ1) is 83.7. The Bertz CT molecular complexity index is 1680. The number of carbonyl (C=O) groups excluding carboxylic acids is 1. The minimum Gasteiger partial charge on any atom is -0.756 e. The van der Waals surface area contributed by atoms with Crippen molar-refractivity contribution in [2.24, 2.45) is 0 Å². The van der Waals surface area contributed by atoms with E-state index in [1.165, 1.54) is 250 Å². The number of hydrogen-bond acceptors (Lipinski definition) is 6. The zero-order valence-electron chi connectivity index (χ0n) is 57.5. The topological polar surface area (TPSA) is 108 Å². The van der Waals surface area contributed by atoms with Crippen molar-refractivity contribution in [3.63, 3.8) is 0 Å². The van der Waals surface area contributed by atoms with Crippen molar-refractivity contribution in [3.8, 4) is 0 Å². The Morgan fingerprint density at radius 2 is 0.709 bits per heavy atom. The van der Waals surface area contributed by atoms with E-state index >= 15 is 0 Å². The van der Waals surface area contributed by atoms with Gasteiger partial charge < -0.3 is 28.8 Å². The smallest absolute Gasteiger partial charge is 0.268 e. The zero-order valence-corrected chi connectivity index (χ0v) is 58.4. The first-order chi connectivity index (χ1) is 42.0. The van der Waals surface area contributed by atoms with Gasteiger partial charge in [0.15, 0.2) is 0 Å². The molecular formula is C77H143N2O6P. The van der Waals surface area contributed by atoms with Crippen LogP contribution in [0.15, 0.2) is 85.1 Å². The maximum absolute atomic E-state index is 13.1. The SMILES string of the molecule is CC/C=C\C/C=C\C/C=C\C/C=C\C/C=C\C/C=C\CCCCCCCCCCCCCCCCCCCCCCCCC(=O)NC(COP(=O)([O-])OCC[N+](C)(C)C)C(O)/C=C/CCCCCCCCCCCCCCCCCCCCCCC. The molecule has 0 aromatic heterocycles. The maximum atomic E-state index is 13.1. The van der Waals surface area contributed by atoms with Gasteiger partial charge in [0.1, 0.15) is 13.2 Å². The van der Waals surface area contributed by atoms with E-state index in [2.05, 4.69) is 92.1 Å². The van der Waals surface area contributed by atoms with Crippen LogP contribution in [-0.2, 0) is 18.4 Å². The molecule has 0 aromatic carbocycles. The maximum Gasteiger partial charge on any atom is 0.268 e. The van der Waals surface area contributed by atoms with Crippen molar-refractivity contribution in [2.75, 3.05) is 40.9 Å². The average Bonchev–Trinajstić information content (AvgIpc) is 3.70. The third kappa shape index (κ3) is 69.2. The van der Waals surface area contributed by atoms with Crippen LogP contribution in [0.3, 0.4) is 0 Å². The molecule has 3 unspecified atom stereocenters. The molecule has 0 aliphatic carbocycles. The number of allylic oxidation sites excluding steroid dienone is 13. The number of quaternary nitrogens is 1. The number of nitrogens with one attached hydrogen (secondary N) is 1. The van der Waals surface area contributed by atoms with Gasteiger partial charge in [0, 0.05) is 6.42 Å². The van der Waals surface area contributed by atoms with Gasteiger partial charge in [-0.3, -0.25) is 9.36 Å². The number of aliphatic hydroxyl groups is 1. The molecule has 502 valence electrons. The molecule has 0 fully saturated rings. The second-order valence-corrected chi connectivity index (χ2v) is 27.7. The predicted molar refractivity (Wildman–Crippen MR) is 376 cm³/mol. The fourth-order valence-electron chi connectivity index (χ4n) is 10.9. The van der Waals surface area contributed by atoms with Crippen molar-refractivity contribution in [1.82, 2.24) is 5.32 Å². The number of unbranched alkanes of at least 4 members (excludes halogenated alkanes) is 43. The molecule has 0 heterocycles. The first-order valence-corrected chi connectivity index (χ1v) is 38.4. The zero-order chi connectivity index (χ0) is 62.6. The van der Waals surface area contributed by atoms with Gasteiger partial charge in [-0.05, 0) is 70.6 Å². The summed E-state index contributed by atoms with van der Waals surface area (Å²) in [5.41, 5.74) is 0. The lowest BCUT2D eigenvalue weighted by Crippen LogP contribution is -2.45. The fraction of sp³-hybridized carbons (Fsp3) is 0.805. The molecule has 9 heteroatoms. The summed E-state index contributed by atoms with van der Waals surface area (Å²) in [5, 5.41) is 14.0. The van der Waals surface area contributed by atoms with E-state index in [4.69, 9.17) is 9.05 Å². The summed E-state index contributed by atoms with van der Waals surface area (Å²) in [6.07, 6.45) is 95.8. The van der Waals surface area contributed by atoms with Crippen LogP contribution in [0.1, 0.15) is 348 Å². The third-order valence-electron chi connectivity index (χ3n) is 16.6. The Hall–Kier alpha value is -2.32. The van der Waals surface area contributed by atoms with Crippen LogP contribution >= 0.6 is 7.82 Å². The van der Waals surface area contributed by atoms with Crippen LogP contribution in [-0.4, -0.2) is 68.5 Å². The van der Waals surface area contributed by atoms with Crippen molar-refractivity contribution in [3.05, 3.63) is 85.1 Å². The lowest BCUT2D eigenvalue weighted by molar-refractivity contribution is -0.870. The molecule has 0 spiro atoms. The fourth-order valence-corrected chi connectivity index (χ4v) is 11.6. The largest absolute Gasteiger partial charge is 0.756 e. The summed E-state index contributed by atoms with van der Waals surface area (Å²) in [5.74, 6) is -0.192. The summed E-state index contributed by atoms with van der Waals surface area (Å²) in [4.78, 5) is 25.7. The van der Waals surface area contributed by atoms with Gasteiger partial charge in [0.25, 0.3) is 7.82 Å². The molecule has 0 aromatic rings. The number of rotatable bonds is 68. The first-order valence-electron chi connectivity index (χ1n) is 36.9. The lowest BCUT2D eigenvalue weighted by Gasteiger charge is -2.29. The van der Waals surface area contributed by atoms with E-state index in [9.17, 15) is 19.4 Å². The number of hydrogen-bond donors (Lipinski definition) is 2. The highest BCUT2D eigenvalue weighted by Crippen LogP contribution is 2.38. The van der Waals surface area contributed by atoms with E-state index in [0.717, 1.165) is 77.0 Å². The molecule has 8 nitrogen and oxygen atoms in total. The molecule has 0 bridgehead atoms. The molecule has 0 saturated carbocycles. The second-order valence-electron chi connectivity index (χ2n) is 26.3. The summed E-state index contributed by atoms with van der Waals surface area (Å²) in [6, 6.07) is -0.889. The second kappa shape index (κ2) is 67.1. The lowest BCUT2D eigenvalue weighted by atomic mass is 10.0. The standard InChI is InChI=1S/C77H143N2O6P/c1-6-8-10-12-14-16-18-20-22-24-26-28-30-31-32-33-34-35-36-37-38-39-40-41-42-43-44-45-46-47-49-51-53-55-57-59-61-63-65-67-69-71-77(81)78-75(74-85-86(82,83)84-73-72-79(3,4)5)76(80)70-68-66-64-62-60-58-56-54-52-50-48-29-27-25-23-21-19-17-15-13-11-9-7-2/h8,10,14,16,20,22,26,28,31-32,34-35,68,70,75-76,80H,6-7,9,11-13,15,17-19,21,23-25,27,29-30,33,36-67,69,71-74H2,1-5H3,(H-,78,81,82,83)/b10-8-,16-14-,22-20-,28-26-,32-31-,35-34-,70-68+. The van der Waals surface area contributed by atoms with Crippen molar-refractivity contribution in [2.45, 2.75) is 360 Å². The van der Waals surface area contributed by atoms with Gasteiger partial charge in [-0.1, -0.05) is 356 Å². The Kier molecular flexibility index (Phi) is 65.3. The average molecular weight is 1220 g/mol. The van der Waals surface area contributed by atoms with Crippen molar-refractivity contribution in [1.29, 1.82) is 0 Å². The Morgan fingerprint density at radius 3 is 1.03 bits per heavy atom. The van der Waals surface area contributed by atoms with Crippen molar-refractivity contribution >= 4 is 13.7 Å². The highest BCUT2D eigenvalue weighted by molar-refractivity contribution is 7.45. The Labute approximate surface area is 535 Å². The van der Waals surface area contributed by atoms with Gasteiger partial charge >= 0.3 is 0 Å². The van der Waals surface area contributed by atoms with E-state index in [0.29, 0.717) is 17.4 Å². The number of aliphatic hydroxyl groups excluding tert-OH is 1. The summed E-state index contributed by atoms with van der Waals surface area (Å²) in [6.45, 7) is 4.58. The number of phosphoric acid groups is 1. The number of carbonyl (C=O) groups is 1. The van der Waals surface area contributed by atoms with E-state index < -0.39 is 20.0 Å². The van der Waals surface area contributed by atoms with E-state index in [1.54, 1.807) is 6.08 Å². The van der Waals surface area contributed by atoms with Crippen LogP contribution in [0.2, 0.25) is 0 Å². The van der Waals surface area contributed by atoms with Gasteiger partial charge in [0.2, 0.25) is 5.91 Å². The molecule has 3 atom stereocenters. The number of likely N-dealkylation sites (N-methyl/N-ethyl adjacent to an activating group) is 1. The monoisotopic (exact) mass is 1220 g/mol. The van der Waals surface area contributed by atoms with Crippen molar-refractivity contribution < 1.29 is 32.9 Å². The normalized spacial score (nSPS) is 14.1. The Morgan fingerprint density at radius 1 is 0.419 bits per heavy atom. The highest BCUT2D eigenvalue weighted by Gasteiger charge is 2.23. The third-order valence-corrected chi connectivity index (χ3v) is 17.6. The number of amides is 1. The summed E-state index contributed by atoms with van der Waals surface area (Å²) < 4.78 is 23.5. The van der Waals surface area contributed by atoms with Crippen LogP contribution in [0, 0.1) is 0 Å². The minimum absolute atomic E-state index is 0.000697. The predicted octanol–water partition coefficient (Wildman–Crippen LogP) is 23.3. The molecule has 1 amide bonds. The van der Waals surface area contributed by atoms with Crippen LogP contribution in [0.4, 0.5) is 0 Å². The summed E-state index contributed by atoms with van der Waals surface area (Å²) in [7, 11) is 1.27. The van der Waals surface area contributed by atoms with E-state index in [1.807, 2.05) is 27.2 Å². The van der Waals surface area contributed by atoms with E-state index in [-0.39, 0.29) is 19.1 Å². The molecule has 0 aliphatic heterocycles.